The molecule has 0 spiro atoms. The molecule has 4 heteroatoms. The SMILES string of the molecule is Cn1cc(CCC(=O)O)c2cc(F)ccc21. The Hall–Kier alpha value is -1.84. The quantitative estimate of drug-likeness (QED) is 0.864. The van der Waals surface area contributed by atoms with E-state index < -0.39 is 5.97 Å². The van der Waals surface area contributed by atoms with E-state index in [1.807, 2.05) is 17.8 Å². The van der Waals surface area contributed by atoms with Gasteiger partial charge in [0.25, 0.3) is 0 Å². The highest BCUT2D eigenvalue weighted by Gasteiger charge is 2.08. The Labute approximate surface area is 92.1 Å². The average molecular weight is 221 g/mol. The molecule has 1 aromatic heterocycles. The third-order valence-corrected chi connectivity index (χ3v) is 2.64. The molecule has 0 aliphatic rings. The van der Waals surface area contributed by atoms with Crippen LogP contribution in [0.2, 0.25) is 0 Å². The van der Waals surface area contributed by atoms with Crippen molar-refractivity contribution in [1.82, 2.24) is 4.57 Å². The number of nitrogens with zero attached hydrogens (tertiary/aromatic N) is 1. The minimum atomic E-state index is -0.839. The number of benzene rings is 1. The zero-order chi connectivity index (χ0) is 11.7. The van der Waals surface area contributed by atoms with Gasteiger partial charge in [-0.05, 0) is 30.2 Å². The normalized spacial score (nSPS) is 10.9. The number of halogens is 1. The highest BCUT2D eigenvalue weighted by Crippen LogP contribution is 2.22. The Balaban J connectivity index is 2.44. The summed E-state index contributed by atoms with van der Waals surface area (Å²) in [4.78, 5) is 10.5. The van der Waals surface area contributed by atoms with Crippen molar-refractivity contribution in [3.8, 4) is 0 Å². The largest absolute Gasteiger partial charge is 0.481 e. The smallest absolute Gasteiger partial charge is 0.303 e. The number of hydrogen-bond donors (Lipinski definition) is 1. The topological polar surface area (TPSA) is 42.2 Å². The summed E-state index contributed by atoms with van der Waals surface area (Å²) in [6.45, 7) is 0. The van der Waals surface area contributed by atoms with Crippen molar-refractivity contribution in [3.05, 3.63) is 35.8 Å². The molecule has 0 fully saturated rings. The fourth-order valence-corrected chi connectivity index (χ4v) is 1.89. The number of aliphatic carboxylic acids is 1. The zero-order valence-electron chi connectivity index (χ0n) is 8.90. The molecule has 0 atom stereocenters. The van der Waals surface area contributed by atoms with Crippen molar-refractivity contribution in [2.24, 2.45) is 7.05 Å². The first-order valence-electron chi connectivity index (χ1n) is 5.03. The standard InChI is InChI=1S/C12H12FNO2/c1-14-7-8(2-5-12(15)16)10-6-9(13)3-4-11(10)14/h3-4,6-7H,2,5H2,1H3,(H,15,16). The number of aryl methyl sites for hydroxylation is 2. The van der Waals surface area contributed by atoms with Gasteiger partial charge in [0.05, 0.1) is 0 Å². The van der Waals surface area contributed by atoms with Crippen LogP contribution in [0.3, 0.4) is 0 Å². The van der Waals surface area contributed by atoms with Crippen LogP contribution in [0.1, 0.15) is 12.0 Å². The lowest BCUT2D eigenvalue weighted by atomic mass is 10.1. The molecule has 0 unspecified atom stereocenters. The van der Waals surface area contributed by atoms with E-state index in [-0.39, 0.29) is 12.2 Å². The average Bonchev–Trinajstić information content (AvgIpc) is 2.52. The predicted octanol–water partition coefficient (Wildman–Crippen LogP) is 2.33. The van der Waals surface area contributed by atoms with Crippen molar-refractivity contribution in [3.63, 3.8) is 0 Å². The van der Waals surface area contributed by atoms with Gasteiger partial charge in [0.2, 0.25) is 0 Å². The van der Waals surface area contributed by atoms with E-state index in [0.29, 0.717) is 6.42 Å². The Kier molecular flexibility index (Phi) is 2.64. The summed E-state index contributed by atoms with van der Waals surface area (Å²) >= 11 is 0. The van der Waals surface area contributed by atoms with E-state index in [2.05, 4.69) is 0 Å². The third kappa shape index (κ3) is 1.91. The third-order valence-electron chi connectivity index (χ3n) is 2.64. The van der Waals surface area contributed by atoms with E-state index in [1.165, 1.54) is 12.1 Å². The fourth-order valence-electron chi connectivity index (χ4n) is 1.89. The molecule has 0 aliphatic carbocycles. The van der Waals surface area contributed by atoms with Gasteiger partial charge < -0.3 is 9.67 Å². The highest BCUT2D eigenvalue weighted by molar-refractivity contribution is 5.84. The maximum absolute atomic E-state index is 13.1. The van der Waals surface area contributed by atoms with Gasteiger partial charge in [0.1, 0.15) is 5.82 Å². The van der Waals surface area contributed by atoms with E-state index in [4.69, 9.17) is 5.11 Å². The Morgan fingerprint density at radius 1 is 1.50 bits per heavy atom. The minimum absolute atomic E-state index is 0.0651. The van der Waals surface area contributed by atoms with Gasteiger partial charge in [-0.15, -0.1) is 0 Å². The molecule has 16 heavy (non-hydrogen) atoms. The van der Waals surface area contributed by atoms with Crippen LogP contribution in [0.15, 0.2) is 24.4 Å². The molecule has 3 nitrogen and oxygen atoms in total. The second-order valence-electron chi connectivity index (χ2n) is 3.82. The van der Waals surface area contributed by atoms with E-state index in [9.17, 15) is 9.18 Å². The summed E-state index contributed by atoms with van der Waals surface area (Å²) in [5.41, 5.74) is 1.79. The molecule has 84 valence electrons. The van der Waals surface area contributed by atoms with E-state index in [0.717, 1.165) is 16.5 Å². The summed E-state index contributed by atoms with van der Waals surface area (Å²) in [7, 11) is 1.87. The molecule has 1 N–H and O–H groups in total. The summed E-state index contributed by atoms with van der Waals surface area (Å²) in [6, 6.07) is 4.56. The molecule has 0 aliphatic heterocycles. The van der Waals surface area contributed by atoms with Gasteiger partial charge in [-0.1, -0.05) is 0 Å². The molecule has 2 aromatic rings. The van der Waals surface area contributed by atoms with E-state index >= 15 is 0 Å². The number of hydrogen-bond acceptors (Lipinski definition) is 1. The minimum Gasteiger partial charge on any atom is -0.481 e. The van der Waals surface area contributed by atoms with Gasteiger partial charge in [-0.3, -0.25) is 4.79 Å². The van der Waals surface area contributed by atoms with Crippen LogP contribution >= 0.6 is 0 Å². The summed E-state index contributed by atoms with van der Waals surface area (Å²) < 4.78 is 15.0. The maximum Gasteiger partial charge on any atom is 0.303 e. The predicted molar refractivity (Wildman–Crippen MR) is 58.8 cm³/mol. The molecular formula is C12H12FNO2. The first-order valence-corrected chi connectivity index (χ1v) is 5.03. The molecule has 0 saturated heterocycles. The Morgan fingerprint density at radius 3 is 2.94 bits per heavy atom. The molecular weight excluding hydrogens is 209 g/mol. The van der Waals surface area contributed by atoms with Gasteiger partial charge in [-0.25, -0.2) is 4.39 Å². The van der Waals surface area contributed by atoms with Crippen LogP contribution < -0.4 is 0 Å². The lowest BCUT2D eigenvalue weighted by molar-refractivity contribution is -0.136. The van der Waals surface area contributed by atoms with Crippen LogP contribution in [-0.2, 0) is 18.3 Å². The lowest BCUT2D eigenvalue weighted by Gasteiger charge is -1.96. The zero-order valence-corrected chi connectivity index (χ0v) is 8.90. The summed E-state index contributed by atoms with van der Waals surface area (Å²) in [5.74, 6) is -1.14. The Bertz CT molecular complexity index is 545. The first kappa shape index (κ1) is 10.7. The van der Waals surface area contributed by atoms with Gasteiger partial charge in [-0.2, -0.15) is 0 Å². The van der Waals surface area contributed by atoms with Crippen LogP contribution in [-0.4, -0.2) is 15.6 Å². The van der Waals surface area contributed by atoms with Crippen LogP contribution in [0, 0.1) is 5.82 Å². The Morgan fingerprint density at radius 2 is 2.25 bits per heavy atom. The van der Waals surface area contributed by atoms with Gasteiger partial charge >= 0.3 is 5.97 Å². The molecule has 1 heterocycles. The molecule has 0 amide bonds. The molecule has 2 rings (SSSR count). The maximum atomic E-state index is 13.1. The highest BCUT2D eigenvalue weighted by atomic mass is 19.1. The molecule has 0 bridgehead atoms. The monoisotopic (exact) mass is 221 g/mol. The van der Waals surface area contributed by atoms with Crippen molar-refractivity contribution in [2.75, 3.05) is 0 Å². The number of carboxylic acids is 1. The fraction of sp³-hybridized carbons (Fsp3) is 0.250. The van der Waals surface area contributed by atoms with Crippen LogP contribution in [0.25, 0.3) is 10.9 Å². The summed E-state index contributed by atoms with van der Waals surface area (Å²) in [6.07, 6.45) is 2.35. The van der Waals surface area contributed by atoms with Crippen LogP contribution in [0.5, 0.6) is 0 Å². The molecule has 1 aromatic carbocycles. The molecule has 0 saturated carbocycles. The van der Waals surface area contributed by atoms with Crippen molar-refractivity contribution < 1.29 is 14.3 Å². The van der Waals surface area contributed by atoms with E-state index in [1.54, 1.807) is 6.07 Å². The second-order valence-corrected chi connectivity index (χ2v) is 3.82. The summed E-state index contributed by atoms with van der Waals surface area (Å²) in [5, 5.41) is 9.42. The van der Waals surface area contributed by atoms with Gasteiger partial charge in [0.15, 0.2) is 0 Å². The number of carboxylic acid groups (broad SMARTS) is 1. The lowest BCUT2D eigenvalue weighted by Crippen LogP contribution is -1.96. The van der Waals surface area contributed by atoms with Crippen LogP contribution in [0.4, 0.5) is 4.39 Å². The number of fused-ring (bicyclic) bond motifs is 1. The van der Waals surface area contributed by atoms with Gasteiger partial charge in [0, 0.05) is 30.6 Å². The number of carbonyl (C=O) groups is 1. The number of rotatable bonds is 3. The van der Waals surface area contributed by atoms with Crippen molar-refractivity contribution in [2.45, 2.75) is 12.8 Å². The first-order chi connectivity index (χ1) is 7.58. The van der Waals surface area contributed by atoms with Crippen molar-refractivity contribution >= 4 is 16.9 Å². The second kappa shape index (κ2) is 3.96. The molecule has 0 radical (unpaired) electrons. The van der Waals surface area contributed by atoms with Crippen molar-refractivity contribution in [1.29, 1.82) is 0 Å². The number of aromatic nitrogens is 1.